The third-order valence-corrected chi connectivity index (χ3v) is 3.96. The van der Waals surface area contributed by atoms with Crippen molar-refractivity contribution in [3.05, 3.63) is 71.0 Å². The SMILES string of the molecule is O=C1NC(C(=O)NCCc2ccccc2F)Cc2ccccc21. The average Bonchev–Trinajstić information content (AvgIpc) is 2.56. The summed E-state index contributed by atoms with van der Waals surface area (Å²) in [5, 5.41) is 5.47. The number of carbonyl (C=O) groups excluding carboxylic acids is 2. The summed E-state index contributed by atoms with van der Waals surface area (Å²) in [5.41, 5.74) is 2.04. The van der Waals surface area contributed by atoms with Crippen molar-refractivity contribution >= 4 is 11.8 Å². The predicted octanol–water partition coefficient (Wildman–Crippen LogP) is 1.84. The molecule has 0 aromatic heterocycles. The summed E-state index contributed by atoms with van der Waals surface area (Å²) >= 11 is 0. The molecule has 5 heteroatoms. The smallest absolute Gasteiger partial charge is 0.252 e. The van der Waals surface area contributed by atoms with Gasteiger partial charge in [-0.3, -0.25) is 9.59 Å². The topological polar surface area (TPSA) is 58.2 Å². The number of fused-ring (bicyclic) bond motifs is 1. The summed E-state index contributed by atoms with van der Waals surface area (Å²) in [6, 6.07) is 13.2. The summed E-state index contributed by atoms with van der Waals surface area (Å²) in [6.45, 7) is 0.327. The summed E-state index contributed by atoms with van der Waals surface area (Å²) in [4.78, 5) is 24.2. The minimum Gasteiger partial charge on any atom is -0.354 e. The lowest BCUT2D eigenvalue weighted by Gasteiger charge is -2.24. The molecule has 1 aliphatic heterocycles. The van der Waals surface area contributed by atoms with Crippen LogP contribution in [0.15, 0.2) is 48.5 Å². The van der Waals surface area contributed by atoms with E-state index in [0.29, 0.717) is 30.5 Å². The van der Waals surface area contributed by atoms with Crippen LogP contribution < -0.4 is 10.6 Å². The van der Waals surface area contributed by atoms with Crippen LogP contribution in [-0.2, 0) is 17.6 Å². The summed E-state index contributed by atoms with van der Waals surface area (Å²) in [6.07, 6.45) is 0.878. The van der Waals surface area contributed by atoms with Crippen molar-refractivity contribution in [1.29, 1.82) is 0 Å². The van der Waals surface area contributed by atoms with E-state index in [0.717, 1.165) is 5.56 Å². The van der Waals surface area contributed by atoms with Crippen molar-refractivity contribution in [2.45, 2.75) is 18.9 Å². The highest BCUT2D eigenvalue weighted by Crippen LogP contribution is 2.16. The summed E-state index contributed by atoms with van der Waals surface area (Å²) in [5.74, 6) is -0.757. The molecule has 2 amide bonds. The maximum Gasteiger partial charge on any atom is 0.252 e. The summed E-state index contributed by atoms with van der Waals surface area (Å²) < 4.78 is 13.5. The molecule has 0 aliphatic carbocycles. The molecule has 4 nitrogen and oxygen atoms in total. The molecule has 23 heavy (non-hydrogen) atoms. The first-order valence-electron chi connectivity index (χ1n) is 7.55. The van der Waals surface area contributed by atoms with E-state index in [2.05, 4.69) is 10.6 Å². The minimum absolute atomic E-state index is 0.235. The third-order valence-electron chi connectivity index (χ3n) is 3.96. The van der Waals surface area contributed by atoms with E-state index in [1.165, 1.54) is 6.07 Å². The van der Waals surface area contributed by atoms with Crippen LogP contribution in [0.2, 0.25) is 0 Å². The van der Waals surface area contributed by atoms with Gasteiger partial charge in [-0.2, -0.15) is 0 Å². The highest BCUT2D eigenvalue weighted by atomic mass is 19.1. The lowest BCUT2D eigenvalue weighted by atomic mass is 9.95. The van der Waals surface area contributed by atoms with Gasteiger partial charge in [0, 0.05) is 18.5 Å². The van der Waals surface area contributed by atoms with Crippen molar-refractivity contribution in [2.75, 3.05) is 6.54 Å². The van der Waals surface area contributed by atoms with E-state index in [-0.39, 0.29) is 17.6 Å². The van der Waals surface area contributed by atoms with Crippen LogP contribution in [0.4, 0.5) is 4.39 Å². The number of amides is 2. The number of hydrogen-bond donors (Lipinski definition) is 2. The molecule has 1 atom stereocenters. The van der Waals surface area contributed by atoms with Crippen molar-refractivity contribution in [3.63, 3.8) is 0 Å². The Balaban J connectivity index is 1.57. The second-order valence-corrected chi connectivity index (χ2v) is 5.52. The fourth-order valence-electron chi connectivity index (χ4n) is 2.73. The van der Waals surface area contributed by atoms with Crippen LogP contribution in [-0.4, -0.2) is 24.4 Å². The van der Waals surface area contributed by atoms with Crippen LogP contribution in [0.3, 0.4) is 0 Å². The maximum atomic E-state index is 13.5. The van der Waals surface area contributed by atoms with Gasteiger partial charge in [0.1, 0.15) is 11.9 Å². The normalized spacial score (nSPS) is 16.4. The van der Waals surface area contributed by atoms with E-state index in [1.807, 2.05) is 12.1 Å². The molecule has 0 saturated carbocycles. The van der Waals surface area contributed by atoms with Crippen LogP contribution >= 0.6 is 0 Å². The van der Waals surface area contributed by atoms with Gasteiger partial charge in [0.2, 0.25) is 5.91 Å². The van der Waals surface area contributed by atoms with E-state index in [9.17, 15) is 14.0 Å². The first-order valence-corrected chi connectivity index (χ1v) is 7.55. The first-order chi connectivity index (χ1) is 11.1. The fraction of sp³-hybridized carbons (Fsp3) is 0.222. The molecule has 0 spiro atoms. The molecule has 0 bridgehead atoms. The molecule has 1 heterocycles. The van der Waals surface area contributed by atoms with Crippen molar-refractivity contribution < 1.29 is 14.0 Å². The van der Waals surface area contributed by atoms with Crippen LogP contribution in [0, 0.1) is 5.82 Å². The van der Waals surface area contributed by atoms with Gasteiger partial charge in [-0.15, -0.1) is 0 Å². The Morgan fingerprint density at radius 3 is 2.74 bits per heavy atom. The largest absolute Gasteiger partial charge is 0.354 e. The van der Waals surface area contributed by atoms with Crippen molar-refractivity contribution in [3.8, 4) is 0 Å². The number of hydrogen-bond acceptors (Lipinski definition) is 2. The Hall–Kier alpha value is -2.69. The molecule has 0 saturated heterocycles. The second kappa shape index (κ2) is 6.60. The highest BCUT2D eigenvalue weighted by molar-refractivity contribution is 6.00. The zero-order valence-electron chi connectivity index (χ0n) is 12.5. The molecular formula is C18H17FN2O2. The molecule has 2 aromatic rings. The molecule has 1 aliphatic rings. The lowest BCUT2D eigenvalue weighted by Crippen LogP contribution is -2.51. The van der Waals surface area contributed by atoms with Gasteiger partial charge in [-0.05, 0) is 29.7 Å². The maximum absolute atomic E-state index is 13.5. The molecule has 0 fully saturated rings. The van der Waals surface area contributed by atoms with Crippen LogP contribution in [0.25, 0.3) is 0 Å². The van der Waals surface area contributed by atoms with Crippen LogP contribution in [0.1, 0.15) is 21.5 Å². The van der Waals surface area contributed by atoms with E-state index in [1.54, 1.807) is 30.3 Å². The zero-order chi connectivity index (χ0) is 16.2. The Morgan fingerprint density at radius 2 is 1.91 bits per heavy atom. The third kappa shape index (κ3) is 3.39. The van der Waals surface area contributed by atoms with Gasteiger partial charge in [-0.1, -0.05) is 36.4 Å². The minimum atomic E-state index is -0.585. The Labute approximate surface area is 133 Å². The quantitative estimate of drug-likeness (QED) is 0.905. The number of benzene rings is 2. The molecular weight excluding hydrogens is 295 g/mol. The zero-order valence-corrected chi connectivity index (χ0v) is 12.5. The molecule has 1 unspecified atom stereocenters. The second-order valence-electron chi connectivity index (χ2n) is 5.52. The Morgan fingerprint density at radius 1 is 1.17 bits per heavy atom. The van der Waals surface area contributed by atoms with Crippen molar-refractivity contribution in [1.82, 2.24) is 10.6 Å². The van der Waals surface area contributed by atoms with E-state index < -0.39 is 6.04 Å². The van der Waals surface area contributed by atoms with Crippen LogP contribution in [0.5, 0.6) is 0 Å². The molecule has 2 aromatic carbocycles. The fourth-order valence-corrected chi connectivity index (χ4v) is 2.73. The molecule has 2 N–H and O–H groups in total. The number of nitrogens with one attached hydrogen (secondary N) is 2. The Kier molecular flexibility index (Phi) is 4.37. The van der Waals surface area contributed by atoms with Gasteiger partial charge in [-0.25, -0.2) is 4.39 Å². The van der Waals surface area contributed by atoms with Crippen molar-refractivity contribution in [2.24, 2.45) is 0 Å². The van der Waals surface area contributed by atoms with E-state index >= 15 is 0 Å². The number of rotatable bonds is 4. The van der Waals surface area contributed by atoms with E-state index in [4.69, 9.17) is 0 Å². The number of carbonyl (C=O) groups is 2. The Bertz CT molecular complexity index is 745. The molecule has 118 valence electrons. The highest BCUT2D eigenvalue weighted by Gasteiger charge is 2.28. The van der Waals surface area contributed by atoms with Gasteiger partial charge in [0.05, 0.1) is 0 Å². The van der Waals surface area contributed by atoms with Gasteiger partial charge in [0.15, 0.2) is 0 Å². The van der Waals surface area contributed by atoms with Gasteiger partial charge >= 0.3 is 0 Å². The van der Waals surface area contributed by atoms with Gasteiger partial charge in [0.25, 0.3) is 5.91 Å². The molecule has 0 radical (unpaired) electrons. The van der Waals surface area contributed by atoms with Gasteiger partial charge < -0.3 is 10.6 Å². The lowest BCUT2D eigenvalue weighted by molar-refractivity contribution is -0.123. The monoisotopic (exact) mass is 312 g/mol. The molecule has 3 rings (SSSR count). The average molecular weight is 312 g/mol. The summed E-state index contributed by atoms with van der Waals surface area (Å²) in [7, 11) is 0. The standard InChI is InChI=1S/C18H17FN2O2/c19-15-8-4-2-5-12(15)9-10-20-18(23)16-11-13-6-1-3-7-14(13)17(22)21-16/h1-8,16H,9-11H2,(H,20,23)(H,21,22). The number of halogens is 1. The first kappa shape index (κ1) is 15.2. The predicted molar refractivity (Wildman–Crippen MR) is 84.5 cm³/mol.